The molecule has 1 aromatic carbocycles. The summed E-state index contributed by atoms with van der Waals surface area (Å²) in [6.07, 6.45) is 1.36. The lowest BCUT2D eigenvalue weighted by Crippen LogP contribution is -2.41. The molecular formula is C27H40N2O7Si. The van der Waals surface area contributed by atoms with Gasteiger partial charge in [-0.15, -0.1) is 0 Å². The summed E-state index contributed by atoms with van der Waals surface area (Å²) in [5, 5.41) is 5.27. The third-order valence-electron chi connectivity index (χ3n) is 5.89. The Morgan fingerprint density at radius 1 is 0.973 bits per heavy atom. The summed E-state index contributed by atoms with van der Waals surface area (Å²) in [6.45, 7) is 16.4. The van der Waals surface area contributed by atoms with Crippen LogP contribution >= 0.6 is 0 Å². The summed E-state index contributed by atoms with van der Waals surface area (Å²) >= 11 is 0. The van der Waals surface area contributed by atoms with Crippen LogP contribution in [0, 0.1) is 0 Å². The van der Waals surface area contributed by atoms with Crippen LogP contribution < -0.4 is 10.6 Å². The number of nitrogens with one attached hydrogen (secondary N) is 2. The Morgan fingerprint density at radius 3 is 2.19 bits per heavy atom. The first-order chi connectivity index (χ1) is 17.1. The van der Waals surface area contributed by atoms with E-state index in [1.807, 2.05) is 0 Å². The third-order valence-corrected chi connectivity index (χ3v) is 10.4. The lowest BCUT2D eigenvalue weighted by atomic mass is 10.2. The van der Waals surface area contributed by atoms with E-state index < -0.39 is 31.9 Å². The quantitative estimate of drug-likeness (QED) is 0.261. The van der Waals surface area contributed by atoms with Crippen LogP contribution in [0.5, 0.6) is 0 Å². The molecule has 0 saturated carbocycles. The van der Waals surface area contributed by atoms with Gasteiger partial charge in [-0.3, -0.25) is 4.79 Å². The van der Waals surface area contributed by atoms with Crippen molar-refractivity contribution in [3.05, 3.63) is 59.2 Å². The Balaban J connectivity index is 2.09. The van der Waals surface area contributed by atoms with Gasteiger partial charge in [0.2, 0.25) is 5.76 Å². The van der Waals surface area contributed by atoms with Gasteiger partial charge in [0, 0.05) is 19.5 Å². The number of hydrogen-bond donors (Lipinski definition) is 2. The Hall–Kier alpha value is -3.11. The third kappa shape index (κ3) is 9.69. The zero-order valence-corrected chi connectivity index (χ0v) is 24.2. The molecule has 0 radical (unpaired) electrons. The van der Waals surface area contributed by atoms with E-state index in [-0.39, 0.29) is 42.7 Å². The molecule has 204 valence electrons. The van der Waals surface area contributed by atoms with Gasteiger partial charge in [-0.05, 0) is 57.1 Å². The van der Waals surface area contributed by atoms with E-state index in [1.165, 1.54) is 0 Å². The highest BCUT2D eigenvalue weighted by atomic mass is 28.4. The fourth-order valence-electron chi connectivity index (χ4n) is 2.83. The molecule has 2 rings (SSSR count). The maximum Gasteiger partial charge on any atom is 0.407 e. The first kappa shape index (κ1) is 30.1. The first-order valence-corrected chi connectivity index (χ1v) is 15.3. The van der Waals surface area contributed by atoms with Crippen molar-refractivity contribution in [2.75, 3.05) is 19.7 Å². The zero-order chi connectivity index (χ0) is 27.9. The molecule has 0 fully saturated rings. The average Bonchev–Trinajstić information content (AvgIpc) is 2.79. The normalized spacial score (nSPS) is 14.3. The molecule has 0 unspecified atom stereocenters. The lowest BCUT2D eigenvalue weighted by molar-refractivity contribution is -0.120. The Morgan fingerprint density at radius 2 is 1.59 bits per heavy atom. The second-order valence-electron chi connectivity index (χ2n) is 11.2. The van der Waals surface area contributed by atoms with Crippen molar-refractivity contribution in [3.63, 3.8) is 0 Å². The Kier molecular flexibility index (Phi) is 10.1. The summed E-state index contributed by atoms with van der Waals surface area (Å²) in [5.41, 5.74) is -0.270. The number of allylic oxidation sites excluding steroid dienone is 1. The molecule has 0 atom stereocenters. The van der Waals surface area contributed by atoms with E-state index in [1.54, 1.807) is 57.2 Å². The summed E-state index contributed by atoms with van der Waals surface area (Å²) in [4.78, 5) is 37.5. The number of benzene rings is 1. The molecule has 1 aromatic rings. The van der Waals surface area contributed by atoms with Gasteiger partial charge in [-0.25, -0.2) is 9.59 Å². The molecule has 2 amide bonds. The minimum absolute atomic E-state index is 0.00971. The molecule has 0 aliphatic carbocycles. The summed E-state index contributed by atoms with van der Waals surface area (Å²) in [7, 11) is -2.05. The molecule has 0 spiro atoms. The van der Waals surface area contributed by atoms with E-state index in [2.05, 4.69) is 44.5 Å². The number of amides is 2. The first-order valence-electron chi connectivity index (χ1n) is 12.4. The van der Waals surface area contributed by atoms with E-state index in [9.17, 15) is 14.4 Å². The number of carbonyl (C=O) groups excluding carboxylic acids is 3. The molecule has 0 aromatic heterocycles. The molecule has 1 aliphatic heterocycles. The van der Waals surface area contributed by atoms with Crippen molar-refractivity contribution >= 4 is 26.3 Å². The van der Waals surface area contributed by atoms with Crippen molar-refractivity contribution < 1.29 is 33.0 Å². The SMILES string of the molecule is CC(C)(C)OC(=O)NCCNC(=O)C1=C(OC(=O)c2ccccc2)CC=C(CO[Si](C)(C)C(C)(C)C)O1. The number of ether oxygens (including phenoxy) is 3. The lowest BCUT2D eigenvalue weighted by Gasteiger charge is -2.36. The predicted molar refractivity (Wildman–Crippen MR) is 143 cm³/mol. The predicted octanol–water partition coefficient (Wildman–Crippen LogP) is 5.02. The molecular weight excluding hydrogens is 492 g/mol. The average molecular weight is 533 g/mol. The second-order valence-corrected chi connectivity index (χ2v) is 16.0. The van der Waals surface area contributed by atoms with Gasteiger partial charge in [0.25, 0.3) is 5.91 Å². The van der Waals surface area contributed by atoms with Crippen LogP contribution in [0.1, 0.15) is 58.3 Å². The fraction of sp³-hybridized carbons (Fsp3) is 0.519. The van der Waals surface area contributed by atoms with E-state index in [0.29, 0.717) is 11.3 Å². The highest BCUT2D eigenvalue weighted by Gasteiger charge is 2.38. The smallest absolute Gasteiger partial charge is 0.407 e. The van der Waals surface area contributed by atoms with Crippen molar-refractivity contribution in [3.8, 4) is 0 Å². The second kappa shape index (κ2) is 12.4. The van der Waals surface area contributed by atoms with Gasteiger partial charge in [0.1, 0.15) is 11.4 Å². The topological polar surface area (TPSA) is 112 Å². The zero-order valence-electron chi connectivity index (χ0n) is 23.2. The fourth-order valence-corrected chi connectivity index (χ4v) is 3.76. The standard InChI is InChI=1S/C27H40N2O7Si/c1-26(2,3)36-25(32)29-17-16-28-23(30)22-21(35-24(31)19-12-10-9-11-13-19)15-14-20(34-22)18-33-37(7,8)27(4,5)6/h9-14H,15-18H2,1-8H3,(H,28,30)(H,29,32). The van der Waals surface area contributed by atoms with Gasteiger partial charge in [-0.2, -0.15) is 0 Å². The Labute approximate surface area is 220 Å². The Bertz CT molecular complexity index is 1040. The molecule has 0 bridgehead atoms. The molecule has 1 heterocycles. The number of esters is 1. The molecule has 1 aliphatic rings. The highest BCUT2D eigenvalue weighted by Crippen LogP contribution is 2.37. The number of rotatable bonds is 9. The van der Waals surface area contributed by atoms with Crippen LogP contribution in [0.4, 0.5) is 4.79 Å². The van der Waals surface area contributed by atoms with E-state index in [4.69, 9.17) is 18.6 Å². The molecule has 37 heavy (non-hydrogen) atoms. The van der Waals surface area contributed by atoms with Crippen LogP contribution in [0.3, 0.4) is 0 Å². The summed E-state index contributed by atoms with van der Waals surface area (Å²) < 4.78 is 22.9. The van der Waals surface area contributed by atoms with Crippen LogP contribution in [-0.2, 0) is 23.4 Å². The van der Waals surface area contributed by atoms with Gasteiger partial charge in [-0.1, -0.05) is 39.0 Å². The van der Waals surface area contributed by atoms with Gasteiger partial charge in [0.15, 0.2) is 14.1 Å². The van der Waals surface area contributed by atoms with Crippen molar-refractivity contribution in [2.45, 2.75) is 71.7 Å². The number of carbonyl (C=O) groups is 3. The maximum atomic E-state index is 13.0. The summed E-state index contributed by atoms with van der Waals surface area (Å²) in [5.74, 6) is -0.702. The van der Waals surface area contributed by atoms with Gasteiger partial charge < -0.3 is 29.3 Å². The van der Waals surface area contributed by atoms with Crippen LogP contribution in [-0.4, -0.2) is 51.6 Å². The summed E-state index contributed by atoms with van der Waals surface area (Å²) in [6, 6.07) is 8.50. The van der Waals surface area contributed by atoms with E-state index >= 15 is 0 Å². The molecule has 10 heteroatoms. The van der Waals surface area contributed by atoms with Crippen molar-refractivity contribution in [1.29, 1.82) is 0 Å². The van der Waals surface area contributed by atoms with Crippen LogP contribution in [0.15, 0.2) is 53.7 Å². The van der Waals surface area contributed by atoms with E-state index in [0.717, 1.165) is 0 Å². The number of alkyl carbamates (subject to hydrolysis) is 1. The minimum atomic E-state index is -2.05. The van der Waals surface area contributed by atoms with Gasteiger partial charge in [0.05, 0.1) is 12.2 Å². The van der Waals surface area contributed by atoms with Crippen molar-refractivity contribution in [2.24, 2.45) is 0 Å². The number of hydrogen-bond acceptors (Lipinski definition) is 7. The molecule has 0 saturated heterocycles. The molecule has 2 N–H and O–H groups in total. The monoisotopic (exact) mass is 532 g/mol. The van der Waals surface area contributed by atoms with Crippen LogP contribution in [0.2, 0.25) is 18.1 Å². The van der Waals surface area contributed by atoms with Gasteiger partial charge >= 0.3 is 12.1 Å². The van der Waals surface area contributed by atoms with Crippen molar-refractivity contribution in [1.82, 2.24) is 10.6 Å². The maximum absolute atomic E-state index is 13.0. The van der Waals surface area contributed by atoms with Crippen LogP contribution in [0.25, 0.3) is 0 Å². The molecule has 9 nitrogen and oxygen atoms in total. The minimum Gasteiger partial charge on any atom is -0.450 e. The highest BCUT2D eigenvalue weighted by molar-refractivity contribution is 6.74. The largest absolute Gasteiger partial charge is 0.450 e.